The van der Waals surface area contributed by atoms with E-state index in [0.29, 0.717) is 42.9 Å². The third-order valence-electron chi connectivity index (χ3n) is 5.69. The van der Waals surface area contributed by atoms with Crippen molar-refractivity contribution in [2.24, 2.45) is 0 Å². The maximum absolute atomic E-state index is 14.3. The van der Waals surface area contributed by atoms with Crippen LogP contribution in [0.3, 0.4) is 0 Å². The van der Waals surface area contributed by atoms with E-state index in [9.17, 15) is 17.6 Å². The molecule has 160 valence electrons. The van der Waals surface area contributed by atoms with Crippen LogP contribution in [-0.4, -0.2) is 46.0 Å². The average molecular weight is 435 g/mol. The van der Waals surface area contributed by atoms with Crippen LogP contribution in [-0.2, 0) is 31.7 Å². The van der Waals surface area contributed by atoms with E-state index in [4.69, 9.17) is 14.2 Å². The molecule has 0 saturated carbocycles. The van der Waals surface area contributed by atoms with Gasteiger partial charge in [0.25, 0.3) is 15.9 Å². The van der Waals surface area contributed by atoms with Gasteiger partial charge < -0.3 is 14.2 Å². The molecular weight excluding hydrogens is 413 g/mol. The smallest absolute Gasteiger partial charge is 0.268 e. The summed E-state index contributed by atoms with van der Waals surface area (Å²) >= 11 is 0. The zero-order valence-electron chi connectivity index (χ0n) is 16.7. The molecule has 0 atom stereocenters. The van der Waals surface area contributed by atoms with E-state index in [1.807, 2.05) is 0 Å². The van der Waals surface area contributed by atoms with Gasteiger partial charge in [-0.3, -0.25) is 4.79 Å². The van der Waals surface area contributed by atoms with Crippen molar-refractivity contribution < 1.29 is 31.8 Å². The fourth-order valence-corrected chi connectivity index (χ4v) is 5.21. The van der Waals surface area contributed by atoms with Gasteiger partial charge in [-0.15, -0.1) is 0 Å². The van der Waals surface area contributed by atoms with Gasteiger partial charge in [0.05, 0.1) is 11.2 Å². The number of rotatable bonds is 5. The number of hydrogen-bond donors (Lipinski definition) is 0. The van der Waals surface area contributed by atoms with E-state index in [2.05, 4.69) is 0 Å². The minimum Gasteiger partial charge on any atom is -0.489 e. The van der Waals surface area contributed by atoms with Crippen LogP contribution < -0.4 is 4.74 Å². The largest absolute Gasteiger partial charge is 0.489 e. The standard InChI is InChI=1S/C21H22FNO6S/c1-23-20(24)18-4-3-14(9-19(18)30(23,25)26)13-29-17-11-15(10-16(22)12-17)21(27-2)5-7-28-8-6-21/h3-4,9-12H,5-8,13H2,1-2H3. The van der Waals surface area contributed by atoms with Crippen LogP contribution in [0.15, 0.2) is 41.3 Å². The summed E-state index contributed by atoms with van der Waals surface area (Å²) < 4.78 is 56.6. The third kappa shape index (κ3) is 3.46. The average Bonchev–Trinajstić information content (AvgIpc) is 2.92. The Morgan fingerprint density at radius 3 is 2.60 bits per heavy atom. The Hall–Kier alpha value is -2.49. The number of sulfonamides is 1. The van der Waals surface area contributed by atoms with Crippen molar-refractivity contribution in [2.45, 2.75) is 29.9 Å². The monoisotopic (exact) mass is 435 g/mol. The van der Waals surface area contributed by atoms with E-state index in [1.165, 1.54) is 31.3 Å². The predicted octanol–water partition coefficient (Wildman–Crippen LogP) is 2.83. The molecule has 0 spiro atoms. The number of carbonyl (C=O) groups is 1. The number of carbonyl (C=O) groups excluding carboxylic acids is 1. The molecular formula is C21H22FNO6S. The van der Waals surface area contributed by atoms with E-state index in [-0.39, 0.29) is 17.1 Å². The number of nitrogens with zero attached hydrogens (tertiary/aromatic N) is 1. The van der Waals surface area contributed by atoms with Gasteiger partial charge in [-0.05, 0) is 35.4 Å². The lowest BCUT2D eigenvalue weighted by Gasteiger charge is -2.36. The summed E-state index contributed by atoms with van der Waals surface area (Å²) in [6.45, 7) is 1.07. The number of ether oxygens (including phenoxy) is 3. The topological polar surface area (TPSA) is 82.1 Å². The van der Waals surface area contributed by atoms with Crippen molar-refractivity contribution >= 4 is 15.9 Å². The van der Waals surface area contributed by atoms with Crippen molar-refractivity contribution in [3.05, 3.63) is 58.9 Å². The summed E-state index contributed by atoms with van der Waals surface area (Å²) in [5.74, 6) is -0.702. The van der Waals surface area contributed by atoms with Gasteiger partial charge in [0.15, 0.2) is 0 Å². The van der Waals surface area contributed by atoms with E-state index >= 15 is 0 Å². The molecule has 2 aliphatic heterocycles. The Balaban J connectivity index is 1.58. The Kier molecular flexibility index (Phi) is 5.29. The summed E-state index contributed by atoms with van der Waals surface area (Å²) in [7, 11) is -1.02. The molecule has 2 heterocycles. The van der Waals surface area contributed by atoms with Crippen LogP contribution in [0.1, 0.15) is 34.3 Å². The lowest BCUT2D eigenvalue weighted by Crippen LogP contribution is -2.35. The number of fused-ring (bicyclic) bond motifs is 1. The van der Waals surface area contributed by atoms with Crippen LogP contribution >= 0.6 is 0 Å². The molecule has 0 bridgehead atoms. The summed E-state index contributed by atoms with van der Waals surface area (Å²) in [6, 6.07) is 8.95. The van der Waals surface area contributed by atoms with Crippen LogP contribution in [0, 0.1) is 5.82 Å². The first-order valence-electron chi connectivity index (χ1n) is 9.50. The van der Waals surface area contributed by atoms with Gasteiger partial charge in [0, 0.05) is 46.3 Å². The molecule has 30 heavy (non-hydrogen) atoms. The number of methoxy groups -OCH3 is 1. The van der Waals surface area contributed by atoms with Gasteiger partial charge >= 0.3 is 0 Å². The molecule has 0 aliphatic carbocycles. The van der Waals surface area contributed by atoms with Crippen LogP contribution in [0.2, 0.25) is 0 Å². The summed E-state index contributed by atoms with van der Waals surface area (Å²) in [6.07, 6.45) is 1.22. The molecule has 1 amide bonds. The van der Waals surface area contributed by atoms with E-state index < -0.39 is 27.3 Å². The molecule has 0 radical (unpaired) electrons. The maximum atomic E-state index is 14.3. The SMILES string of the molecule is COC1(c2cc(F)cc(OCc3ccc4c(c3)S(=O)(=O)N(C)C4=O)c2)CCOCC1. The molecule has 7 nitrogen and oxygen atoms in total. The first kappa shape index (κ1) is 20.8. The summed E-state index contributed by atoms with van der Waals surface area (Å²) in [4.78, 5) is 12.0. The Bertz CT molecular complexity index is 1090. The number of halogens is 1. The fraction of sp³-hybridized carbons (Fsp3) is 0.381. The second-order valence-corrected chi connectivity index (χ2v) is 9.32. The quantitative estimate of drug-likeness (QED) is 0.718. The van der Waals surface area contributed by atoms with E-state index in [0.717, 1.165) is 4.31 Å². The van der Waals surface area contributed by atoms with Crippen molar-refractivity contribution in [3.8, 4) is 5.75 Å². The minimum absolute atomic E-state index is 0.0205. The normalized spacial score (nSPS) is 19.6. The van der Waals surface area contributed by atoms with Crippen molar-refractivity contribution in [3.63, 3.8) is 0 Å². The highest BCUT2D eigenvalue weighted by Gasteiger charge is 2.38. The number of hydrogen-bond acceptors (Lipinski definition) is 6. The molecule has 2 aromatic rings. The number of amides is 1. The molecule has 9 heteroatoms. The van der Waals surface area contributed by atoms with Crippen molar-refractivity contribution in [1.29, 1.82) is 0 Å². The first-order chi connectivity index (χ1) is 14.3. The highest BCUT2D eigenvalue weighted by atomic mass is 32.2. The third-order valence-corrected chi connectivity index (χ3v) is 7.48. The van der Waals surface area contributed by atoms with Gasteiger partial charge in [-0.1, -0.05) is 6.07 Å². The molecule has 2 aromatic carbocycles. The summed E-state index contributed by atoms with van der Waals surface area (Å²) in [5.41, 5.74) is 0.729. The highest BCUT2D eigenvalue weighted by Crippen LogP contribution is 2.37. The predicted molar refractivity (Wildman–Crippen MR) is 105 cm³/mol. The van der Waals surface area contributed by atoms with Gasteiger partial charge in [-0.2, -0.15) is 0 Å². The van der Waals surface area contributed by atoms with Crippen LogP contribution in [0.4, 0.5) is 4.39 Å². The first-order valence-corrected chi connectivity index (χ1v) is 10.9. The fourth-order valence-electron chi connectivity index (χ4n) is 3.86. The molecule has 0 unspecified atom stereocenters. The van der Waals surface area contributed by atoms with Crippen molar-refractivity contribution in [1.82, 2.24) is 4.31 Å². The second kappa shape index (κ2) is 7.64. The summed E-state index contributed by atoms with van der Waals surface area (Å²) in [5, 5.41) is 0. The second-order valence-electron chi connectivity index (χ2n) is 7.38. The maximum Gasteiger partial charge on any atom is 0.268 e. The molecule has 2 aliphatic rings. The minimum atomic E-state index is -3.84. The lowest BCUT2D eigenvalue weighted by atomic mass is 9.86. The van der Waals surface area contributed by atoms with Gasteiger partial charge in [-0.25, -0.2) is 17.1 Å². The Morgan fingerprint density at radius 2 is 1.90 bits per heavy atom. The molecule has 0 N–H and O–H groups in total. The lowest BCUT2D eigenvalue weighted by molar-refractivity contribution is -0.0950. The highest BCUT2D eigenvalue weighted by molar-refractivity contribution is 7.90. The molecule has 1 saturated heterocycles. The van der Waals surface area contributed by atoms with Crippen LogP contribution in [0.25, 0.3) is 0 Å². The van der Waals surface area contributed by atoms with Crippen LogP contribution in [0.5, 0.6) is 5.75 Å². The molecule has 0 aromatic heterocycles. The Morgan fingerprint density at radius 1 is 1.17 bits per heavy atom. The van der Waals surface area contributed by atoms with E-state index in [1.54, 1.807) is 19.2 Å². The number of benzene rings is 2. The zero-order chi connectivity index (χ0) is 21.5. The Labute approximate surface area is 174 Å². The molecule has 1 fully saturated rings. The van der Waals surface area contributed by atoms with Crippen molar-refractivity contribution in [2.75, 3.05) is 27.4 Å². The van der Waals surface area contributed by atoms with Gasteiger partial charge in [0.2, 0.25) is 0 Å². The molecule has 4 rings (SSSR count). The zero-order valence-corrected chi connectivity index (χ0v) is 17.5. The van der Waals surface area contributed by atoms with Gasteiger partial charge in [0.1, 0.15) is 23.1 Å².